The second kappa shape index (κ2) is 6.50. The summed E-state index contributed by atoms with van der Waals surface area (Å²) in [6.07, 6.45) is 0. The highest BCUT2D eigenvalue weighted by molar-refractivity contribution is 9.10. The van der Waals surface area contributed by atoms with Gasteiger partial charge < -0.3 is 5.32 Å². The molecule has 2 nitrogen and oxygen atoms in total. The highest BCUT2D eigenvalue weighted by Crippen LogP contribution is 2.27. The highest BCUT2D eigenvalue weighted by Gasteiger charge is 2.22. The Hall–Kier alpha value is -1.20. The molecule has 2 rings (SSSR count). The van der Waals surface area contributed by atoms with E-state index in [0.29, 0.717) is 4.47 Å². The molecule has 0 radical (unpaired) electrons. The molecule has 0 bridgehead atoms. The number of rotatable bonds is 4. The number of hydrogen-bond donors (Lipinski definition) is 1. The van der Waals surface area contributed by atoms with Crippen molar-refractivity contribution in [2.24, 2.45) is 5.92 Å². The third-order valence-electron chi connectivity index (χ3n) is 3.00. The fourth-order valence-corrected chi connectivity index (χ4v) is 3.25. The Morgan fingerprint density at radius 2 is 2.05 bits per heavy atom. The van der Waals surface area contributed by atoms with Gasteiger partial charge in [-0.15, -0.1) is 11.3 Å². The first kappa shape index (κ1) is 15.2. The molecule has 0 aliphatic carbocycles. The molecule has 20 heavy (non-hydrogen) atoms. The number of halogens is 2. The minimum atomic E-state index is -0.529. The van der Waals surface area contributed by atoms with Gasteiger partial charge in [0.05, 0.1) is 16.1 Å². The van der Waals surface area contributed by atoms with Crippen LogP contribution in [0.5, 0.6) is 0 Å². The molecule has 0 aliphatic rings. The smallest absolute Gasteiger partial charge is 0.254 e. The Morgan fingerprint density at radius 3 is 2.65 bits per heavy atom. The van der Waals surface area contributed by atoms with Crippen LogP contribution in [0.4, 0.5) is 4.39 Å². The van der Waals surface area contributed by atoms with Gasteiger partial charge in [0.25, 0.3) is 5.91 Å². The largest absolute Gasteiger partial charge is 0.344 e. The van der Waals surface area contributed by atoms with E-state index in [1.165, 1.54) is 6.07 Å². The maximum atomic E-state index is 13.9. The van der Waals surface area contributed by atoms with Crippen LogP contribution < -0.4 is 5.32 Å². The summed E-state index contributed by atoms with van der Waals surface area (Å²) < 4.78 is 14.2. The van der Waals surface area contributed by atoms with Crippen LogP contribution in [0, 0.1) is 11.7 Å². The molecule has 0 fully saturated rings. The molecule has 2 aromatic rings. The van der Waals surface area contributed by atoms with E-state index in [1.54, 1.807) is 23.5 Å². The third kappa shape index (κ3) is 3.27. The molecular weight excluding hydrogens is 341 g/mol. The van der Waals surface area contributed by atoms with Gasteiger partial charge in [0.1, 0.15) is 5.82 Å². The normalized spacial score (nSPS) is 12.4. The van der Waals surface area contributed by atoms with Gasteiger partial charge >= 0.3 is 0 Å². The molecule has 1 amide bonds. The van der Waals surface area contributed by atoms with Crippen LogP contribution in [0.3, 0.4) is 0 Å². The first-order valence-electron chi connectivity index (χ1n) is 6.29. The summed E-state index contributed by atoms with van der Waals surface area (Å²) in [6.45, 7) is 4.06. The molecule has 1 unspecified atom stereocenters. The van der Waals surface area contributed by atoms with Crippen LogP contribution in [0.2, 0.25) is 0 Å². The van der Waals surface area contributed by atoms with Gasteiger partial charge in [0.2, 0.25) is 0 Å². The molecule has 1 aromatic carbocycles. The van der Waals surface area contributed by atoms with Crippen molar-refractivity contribution in [1.82, 2.24) is 5.32 Å². The van der Waals surface area contributed by atoms with E-state index in [9.17, 15) is 9.18 Å². The van der Waals surface area contributed by atoms with E-state index in [1.807, 2.05) is 31.4 Å². The summed E-state index contributed by atoms with van der Waals surface area (Å²) in [4.78, 5) is 13.3. The number of thiophene rings is 1. The fourth-order valence-electron chi connectivity index (χ4n) is 1.93. The third-order valence-corrected chi connectivity index (χ3v) is 4.57. The summed E-state index contributed by atoms with van der Waals surface area (Å²) >= 11 is 4.68. The van der Waals surface area contributed by atoms with Crippen LogP contribution in [-0.4, -0.2) is 5.91 Å². The Morgan fingerprint density at radius 1 is 1.30 bits per heavy atom. The van der Waals surface area contributed by atoms with Crippen molar-refractivity contribution in [2.75, 3.05) is 0 Å². The quantitative estimate of drug-likeness (QED) is 0.840. The highest BCUT2D eigenvalue weighted by atomic mass is 79.9. The number of hydrogen-bond acceptors (Lipinski definition) is 2. The lowest BCUT2D eigenvalue weighted by atomic mass is 10.0. The van der Waals surface area contributed by atoms with E-state index in [4.69, 9.17) is 0 Å². The van der Waals surface area contributed by atoms with E-state index in [2.05, 4.69) is 21.2 Å². The number of amides is 1. The molecule has 0 aliphatic heterocycles. The predicted molar refractivity (Wildman–Crippen MR) is 83.5 cm³/mol. The second-order valence-electron chi connectivity index (χ2n) is 4.81. The van der Waals surface area contributed by atoms with Crippen LogP contribution >= 0.6 is 27.3 Å². The van der Waals surface area contributed by atoms with Crippen molar-refractivity contribution >= 4 is 33.2 Å². The Bertz CT molecular complexity index is 598. The van der Waals surface area contributed by atoms with Crippen LogP contribution in [-0.2, 0) is 0 Å². The number of nitrogens with one attached hydrogen (secondary N) is 1. The van der Waals surface area contributed by atoms with Gasteiger partial charge in [0, 0.05) is 4.88 Å². The van der Waals surface area contributed by atoms with Crippen LogP contribution in [0.25, 0.3) is 0 Å². The molecule has 0 saturated heterocycles. The average Bonchev–Trinajstić information content (AvgIpc) is 2.92. The van der Waals surface area contributed by atoms with Crippen molar-refractivity contribution in [2.45, 2.75) is 19.9 Å². The topological polar surface area (TPSA) is 29.1 Å². The molecular formula is C15H15BrFNOS. The lowest BCUT2D eigenvalue weighted by Crippen LogP contribution is -2.31. The van der Waals surface area contributed by atoms with Crippen molar-refractivity contribution in [3.05, 3.63) is 56.4 Å². The first-order valence-corrected chi connectivity index (χ1v) is 7.96. The summed E-state index contributed by atoms with van der Waals surface area (Å²) in [7, 11) is 0. The summed E-state index contributed by atoms with van der Waals surface area (Å²) in [5, 5.41) is 4.88. The molecule has 0 spiro atoms. The van der Waals surface area contributed by atoms with Gasteiger partial charge in [-0.1, -0.05) is 26.0 Å². The van der Waals surface area contributed by atoms with Crippen molar-refractivity contribution in [3.63, 3.8) is 0 Å². The minimum absolute atomic E-state index is 0.0570. The molecule has 1 aromatic heterocycles. The van der Waals surface area contributed by atoms with Crippen LogP contribution in [0.15, 0.2) is 40.2 Å². The van der Waals surface area contributed by atoms with Gasteiger partial charge in [-0.2, -0.15) is 0 Å². The monoisotopic (exact) mass is 355 g/mol. The van der Waals surface area contributed by atoms with Gasteiger partial charge in [-0.3, -0.25) is 4.79 Å². The zero-order valence-corrected chi connectivity index (χ0v) is 13.6. The number of carbonyl (C=O) groups is 1. The molecule has 5 heteroatoms. The van der Waals surface area contributed by atoms with Gasteiger partial charge in [0.15, 0.2) is 0 Å². The Kier molecular flexibility index (Phi) is 4.94. The maximum absolute atomic E-state index is 13.9. The average molecular weight is 356 g/mol. The number of benzene rings is 1. The lowest BCUT2D eigenvalue weighted by Gasteiger charge is -2.21. The molecule has 106 valence electrons. The number of carbonyl (C=O) groups excluding carboxylic acids is 1. The van der Waals surface area contributed by atoms with Gasteiger partial charge in [-0.05, 0) is 45.4 Å². The van der Waals surface area contributed by atoms with Crippen molar-refractivity contribution < 1.29 is 9.18 Å². The summed E-state index contributed by atoms with van der Waals surface area (Å²) in [5.74, 6) is -0.692. The fraction of sp³-hybridized carbons (Fsp3) is 0.267. The lowest BCUT2D eigenvalue weighted by molar-refractivity contribution is 0.0922. The van der Waals surface area contributed by atoms with E-state index < -0.39 is 11.7 Å². The van der Waals surface area contributed by atoms with Crippen molar-refractivity contribution in [1.29, 1.82) is 0 Å². The summed E-state index contributed by atoms with van der Waals surface area (Å²) in [6, 6.07) is 8.53. The van der Waals surface area contributed by atoms with E-state index >= 15 is 0 Å². The Labute approximate surface area is 130 Å². The minimum Gasteiger partial charge on any atom is -0.344 e. The zero-order chi connectivity index (χ0) is 14.7. The molecule has 0 saturated carbocycles. The van der Waals surface area contributed by atoms with Crippen LogP contribution in [0.1, 0.15) is 35.1 Å². The molecule has 1 heterocycles. The van der Waals surface area contributed by atoms with E-state index in [-0.39, 0.29) is 17.5 Å². The molecule has 1 N–H and O–H groups in total. The second-order valence-corrected chi connectivity index (χ2v) is 6.65. The van der Waals surface area contributed by atoms with E-state index in [0.717, 1.165) is 4.88 Å². The Balaban J connectivity index is 2.23. The SMILES string of the molecule is CC(C)C(NC(=O)c1cccc(Br)c1F)c1cccs1. The maximum Gasteiger partial charge on any atom is 0.254 e. The summed E-state index contributed by atoms with van der Waals surface area (Å²) in [5.41, 5.74) is 0.0570. The molecule has 1 atom stereocenters. The van der Waals surface area contributed by atoms with Gasteiger partial charge in [-0.25, -0.2) is 4.39 Å². The standard InChI is InChI=1S/C15H15BrFNOS/c1-9(2)14(12-7-4-8-20-12)18-15(19)10-5-3-6-11(16)13(10)17/h3-9,14H,1-2H3,(H,18,19). The van der Waals surface area contributed by atoms with Crippen molar-refractivity contribution in [3.8, 4) is 0 Å². The zero-order valence-electron chi connectivity index (χ0n) is 11.2. The first-order chi connectivity index (χ1) is 9.50. The predicted octanol–water partition coefficient (Wildman–Crippen LogP) is 4.78.